The third-order valence-electron chi connectivity index (χ3n) is 2.71. The largest absolute Gasteiger partial charge is 0.367 e. The van der Waals surface area contributed by atoms with Gasteiger partial charge in [0.15, 0.2) is 0 Å². The highest BCUT2D eigenvalue weighted by Crippen LogP contribution is 2.35. The minimum atomic E-state index is -0.314. The maximum absolute atomic E-state index is 13.0. The molecule has 5 nitrogen and oxygen atoms in total. The molecule has 0 fully saturated rings. The lowest BCUT2D eigenvalue weighted by Gasteiger charge is -2.02. The standard InChI is InChI=1S/C13H9FN4O/c14-10-3-1-8(2-4-10)11-12(18-19-13(11)15)9-5-6-16-17-7-9/h1-7H,15H2. The Labute approximate surface area is 107 Å². The SMILES string of the molecule is Nc1onc(-c2ccnnc2)c1-c1ccc(F)cc1. The molecule has 0 aliphatic rings. The van der Waals surface area contributed by atoms with Crippen LogP contribution in [0.5, 0.6) is 0 Å². The number of aromatic nitrogens is 3. The fourth-order valence-electron chi connectivity index (χ4n) is 1.83. The highest BCUT2D eigenvalue weighted by Gasteiger charge is 2.17. The minimum absolute atomic E-state index is 0.179. The van der Waals surface area contributed by atoms with Gasteiger partial charge in [-0.3, -0.25) is 0 Å². The summed E-state index contributed by atoms with van der Waals surface area (Å²) in [5.74, 6) is -0.135. The van der Waals surface area contributed by atoms with E-state index < -0.39 is 0 Å². The Morgan fingerprint density at radius 1 is 1.00 bits per heavy atom. The zero-order valence-corrected chi connectivity index (χ0v) is 9.75. The molecule has 0 unspecified atom stereocenters. The van der Waals surface area contributed by atoms with E-state index in [0.717, 1.165) is 11.1 Å². The van der Waals surface area contributed by atoms with Gasteiger partial charge in [0.2, 0.25) is 5.88 Å². The average Bonchev–Trinajstić information content (AvgIpc) is 2.83. The summed E-state index contributed by atoms with van der Waals surface area (Å²) in [4.78, 5) is 0. The molecule has 2 aromatic heterocycles. The van der Waals surface area contributed by atoms with Crippen LogP contribution in [0.25, 0.3) is 22.4 Å². The van der Waals surface area contributed by atoms with E-state index in [-0.39, 0.29) is 11.7 Å². The van der Waals surface area contributed by atoms with Gasteiger partial charge in [-0.05, 0) is 23.8 Å². The summed E-state index contributed by atoms with van der Waals surface area (Å²) in [7, 11) is 0. The summed E-state index contributed by atoms with van der Waals surface area (Å²) in [6, 6.07) is 7.71. The predicted molar refractivity (Wildman–Crippen MR) is 67.3 cm³/mol. The lowest BCUT2D eigenvalue weighted by Crippen LogP contribution is -1.89. The third-order valence-corrected chi connectivity index (χ3v) is 2.71. The second kappa shape index (κ2) is 4.49. The maximum atomic E-state index is 13.0. The summed E-state index contributed by atoms with van der Waals surface area (Å²) in [6.07, 6.45) is 3.11. The Balaban J connectivity index is 2.17. The average molecular weight is 256 g/mol. The van der Waals surface area contributed by atoms with Crippen LogP contribution in [0, 0.1) is 5.82 Å². The molecule has 0 atom stereocenters. The fourth-order valence-corrected chi connectivity index (χ4v) is 1.83. The van der Waals surface area contributed by atoms with Crippen molar-refractivity contribution in [1.29, 1.82) is 0 Å². The number of hydrogen-bond donors (Lipinski definition) is 1. The third kappa shape index (κ3) is 2.03. The number of benzene rings is 1. The molecule has 3 aromatic rings. The van der Waals surface area contributed by atoms with E-state index in [2.05, 4.69) is 15.4 Å². The van der Waals surface area contributed by atoms with Crippen LogP contribution in [0.15, 0.2) is 47.2 Å². The van der Waals surface area contributed by atoms with Gasteiger partial charge in [0, 0.05) is 5.56 Å². The van der Waals surface area contributed by atoms with Crippen molar-refractivity contribution in [3.05, 3.63) is 48.5 Å². The van der Waals surface area contributed by atoms with Crippen molar-refractivity contribution in [2.24, 2.45) is 0 Å². The molecule has 19 heavy (non-hydrogen) atoms. The van der Waals surface area contributed by atoms with Crippen LogP contribution in [-0.4, -0.2) is 15.4 Å². The number of hydrogen-bond acceptors (Lipinski definition) is 5. The van der Waals surface area contributed by atoms with Gasteiger partial charge in [0.25, 0.3) is 0 Å². The summed E-state index contributed by atoms with van der Waals surface area (Å²) in [5.41, 5.74) is 8.42. The number of anilines is 1. The van der Waals surface area contributed by atoms with Gasteiger partial charge >= 0.3 is 0 Å². The Hall–Kier alpha value is -2.76. The number of halogens is 1. The lowest BCUT2D eigenvalue weighted by molar-refractivity contribution is 0.439. The van der Waals surface area contributed by atoms with Gasteiger partial charge in [0.05, 0.1) is 18.0 Å². The van der Waals surface area contributed by atoms with Gasteiger partial charge in [-0.25, -0.2) is 4.39 Å². The monoisotopic (exact) mass is 256 g/mol. The Kier molecular flexibility index (Phi) is 2.68. The van der Waals surface area contributed by atoms with Crippen molar-refractivity contribution in [3.8, 4) is 22.4 Å². The highest BCUT2D eigenvalue weighted by molar-refractivity contribution is 5.86. The first-order valence-electron chi connectivity index (χ1n) is 5.54. The molecule has 1 aromatic carbocycles. The minimum Gasteiger partial charge on any atom is -0.367 e. The van der Waals surface area contributed by atoms with Gasteiger partial charge in [-0.15, -0.1) is 0 Å². The van der Waals surface area contributed by atoms with Gasteiger partial charge < -0.3 is 10.3 Å². The Morgan fingerprint density at radius 3 is 2.47 bits per heavy atom. The molecule has 0 saturated carbocycles. The van der Waals surface area contributed by atoms with Crippen molar-refractivity contribution < 1.29 is 8.91 Å². The van der Waals surface area contributed by atoms with Crippen LogP contribution in [0.3, 0.4) is 0 Å². The van der Waals surface area contributed by atoms with Crippen LogP contribution in [-0.2, 0) is 0 Å². The quantitative estimate of drug-likeness (QED) is 0.762. The zero-order valence-electron chi connectivity index (χ0n) is 9.75. The molecular formula is C13H9FN4O. The van der Waals surface area contributed by atoms with E-state index in [4.69, 9.17) is 10.3 Å². The van der Waals surface area contributed by atoms with Crippen LogP contribution < -0.4 is 5.73 Å². The molecule has 0 spiro atoms. The van der Waals surface area contributed by atoms with Crippen molar-refractivity contribution in [2.45, 2.75) is 0 Å². The second-order valence-electron chi connectivity index (χ2n) is 3.91. The van der Waals surface area contributed by atoms with Gasteiger partial charge in [0.1, 0.15) is 11.5 Å². The molecule has 0 aliphatic heterocycles. The van der Waals surface area contributed by atoms with Gasteiger partial charge in [-0.2, -0.15) is 10.2 Å². The lowest BCUT2D eigenvalue weighted by atomic mass is 10.0. The molecule has 2 heterocycles. The van der Waals surface area contributed by atoms with Gasteiger partial charge in [-0.1, -0.05) is 17.3 Å². The number of nitrogen functional groups attached to an aromatic ring is 1. The fraction of sp³-hybridized carbons (Fsp3) is 0. The van der Waals surface area contributed by atoms with E-state index in [1.165, 1.54) is 12.1 Å². The van der Waals surface area contributed by atoms with E-state index >= 15 is 0 Å². The summed E-state index contributed by atoms with van der Waals surface area (Å²) >= 11 is 0. The molecule has 0 radical (unpaired) electrons. The molecule has 0 saturated heterocycles. The maximum Gasteiger partial charge on any atom is 0.230 e. The summed E-state index contributed by atoms with van der Waals surface area (Å²) < 4.78 is 18.0. The van der Waals surface area contributed by atoms with E-state index in [1.807, 2.05) is 0 Å². The highest BCUT2D eigenvalue weighted by atomic mass is 19.1. The molecule has 0 bridgehead atoms. The Morgan fingerprint density at radius 2 is 1.79 bits per heavy atom. The molecule has 2 N–H and O–H groups in total. The number of rotatable bonds is 2. The van der Waals surface area contributed by atoms with Crippen LogP contribution in [0.2, 0.25) is 0 Å². The van der Waals surface area contributed by atoms with Crippen molar-refractivity contribution in [3.63, 3.8) is 0 Å². The first kappa shape index (κ1) is 11.3. The first-order chi connectivity index (χ1) is 9.25. The molecule has 0 amide bonds. The molecule has 3 rings (SSSR count). The van der Waals surface area contributed by atoms with Crippen LogP contribution in [0.1, 0.15) is 0 Å². The normalized spacial score (nSPS) is 10.6. The number of nitrogens with zero attached hydrogens (tertiary/aromatic N) is 3. The zero-order chi connectivity index (χ0) is 13.2. The van der Waals surface area contributed by atoms with E-state index in [9.17, 15) is 4.39 Å². The molecular weight excluding hydrogens is 247 g/mol. The van der Waals surface area contributed by atoms with Crippen molar-refractivity contribution in [2.75, 3.05) is 5.73 Å². The first-order valence-corrected chi connectivity index (χ1v) is 5.54. The van der Waals surface area contributed by atoms with Crippen LogP contribution in [0.4, 0.5) is 10.3 Å². The predicted octanol–water partition coefficient (Wildman–Crippen LogP) is 2.52. The summed E-state index contributed by atoms with van der Waals surface area (Å²) in [6.45, 7) is 0. The molecule has 94 valence electrons. The molecule has 0 aliphatic carbocycles. The number of nitrogens with two attached hydrogens (primary N) is 1. The summed E-state index contributed by atoms with van der Waals surface area (Å²) in [5, 5.41) is 11.4. The smallest absolute Gasteiger partial charge is 0.230 e. The van der Waals surface area contributed by atoms with Crippen LogP contribution >= 0.6 is 0 Å². The topological polar surface area (TPSA) is 77.8 Å². The van der Waals surface area contributed by atoms with E-state index in [0.29, 0.717) is 11.3 Å². The van der Waals surface area contributed by atoms with Crippen molar-refractivity contribution in [1.82, 2.24) is 15.4 Å². The van der Waals surface area contributed by atoms with Crippen molar-refractivity contribution >= 4 is 5.88 Å². The van der Waals surface area contributed by atoms with E-state index in [1.54, 1.807) is 30.6 Å². The Bertz CT molecular complexity index is 694. The molecule has 6 heteroatoms. The second-order valence-corrected chi connectivity index (χ2v) is 3.91.